The molecule has 0 spiro atoms. The number of hydrogen-bond acceptors (Lipinski definition) is 5. The van der Waals surface area contributed by atoms with E-state index < -0.39 is 10.0 Å². The molecule has 0 saturated heterocycles. The van der Waals surface area contributed by atoms with Crippen LogP contribution in [0, 0.1) is 0 Å². The number of para-hydroxylation sites is 1. The fourth-order valence-corrected chi connectivity index (χ4v) is 3.98. The summed E-state index contributed by atoms with van der Waals surface area (Å²) in [5.41, 5.74) is 1.62. The summed E-state index contributed by atoms with van der Waals surface area (Å²) in [6.07, 6.45) is 0. The highest BCUT2D eigenvalue weighted by Gasteiger charge is 2.19. The first-order valence-electron chi connectivity index (χ1n) is 9.10. The first-order valence-corrected chi connectivity index (χ1v) is 11.0. The van der Waals surface area contributed by atoms with Gasteiger partial charge in [-0.1, -0.05) is 66.2 Å². The molecule has 0 aliphatic rings. The predicted molar refractivity (Wildman–Crippen MR) is 117 cm³/mol. The summed E-state index contributed by atoms with van der Waals surface area (Å²) in [5, 5.41) is 8.16. The number of hydrogen-bond donors (Lipinski definition) is 2. The van der Waals surface area contributed by atoms with Crippen molar-refractivity contribution in [2.75, 3.05) is 10.0 Å². The zero-order valence-corrected chi connectivity index (χ0v) is 17.3. The summed E-state index contributed by atoms with van der Waals surface area (Å²) in [6.45, 7) is 0.399. The Hall–Kier alpha value is -3.36. The maximum absolute atomic E-state index is 12.6. The molecule has 0 radical (unpaired) electrons. The third-order valence-corrected chi connectivity index (χ3v) is 5.99. The molecule has 0 saturated carbocycles. The average Bonchev–Trinajstić information content (AvgIpc) is 3.16. The van der Waals surface area contributed by atoms with Crippen molar-refractivity contribution in [3.63, 3.8) is 0 Å². The van der Waals surface area contributed by atoms with Gasteiger partial charge in [0.1, 0.15) is 0 Å². The zero-order chi connectivity index (χ0) is 21.0. The van der Waals surface area contributed by atoms with Crippen molar-refractivity contribution in [1.29, 1.82) is 0 Å². The predicted octanol–water partition coefficient (Wildman–Crippen LogP) is 4.33. The van der Waals surface area contributed by atoms with Crippen LogP contribution >= 0.6 is 11.6 Å². The number of benzene rings is 3. The molecule has 2 N–H and O–H groups in total. The quantitative estimate of drug-likeness (QED) is 0.447. The van der Waals surface area contributed by atoms with Crippen LogP contribution in [0.4, 0.5) is 11.9 Å². The minimum Gasteiger partial charge on any atom is -0.350 e. The molecule has 0 amide bonds. The fraction of sp³-hybridized carbons (Fsp3) is 0.0476. The second-order valence-corrected chi connectivity index (χ2v) is 8.46. The van der Waals surface area contributed by atoms with Gasteiger partial charge in [0.2, 0.25) is 5.95 Å². The maximum Gasteiger partial charge on any atom is 0.264 e. The van der Waals surface area contributed by atoms with E-state index in [0.29, 0.717) is 17.5 Å². The standard InChI is InChI=1S/C21H18ClN5O2S/c22-19-14-8-7-9-16(19)15-23-21-24-20(25-27(21)17-10-3-1-4-11-17)26-30(28,29)18-12-5-2-6-13-18/h1-14H,15H2,(H2,23,24,25,26). The molecule has 0 aliphatic carbocycles. The SMILES string of the molecule is O=S(=O)(Nc1nc(NCc2ccccc2Cl)n(-c2ccccc2)n1)c1ccccc1. The van der Waals surface area contributed by atoms with Crippen molar-refractivity contribution in [3.05, 3.63) is 95.5 Å². The molecule has 0 unspecified atom stereocenters. The van der Waals surface area contributed by atoms with Crippen molar-refractivity contribution in [2.24, 2.45) is 0 Å². The van der Waals surface area contributed by atoms with Gasteiger partial charge in [-0.2, -0.15) is 9.67 Å². The topological polar surface area (TPSA) is 88.9 Å². The monoisotopic (exact) mass is 439 g/mol. The van der Waals surface area contributed by atoms with Gasteiger partial charge in [0.25, 0.3) is 16.0 Å². The zero-order valence-electron chi connectivity index (χ0n) is 15.7. The van der Waals surface area contributed by atoms with Crippen LogP contribution in [-0.4, -0.2) is 23.2 Å². The molecule has 0 bridgehead atoms. The van der Waals surface area contributed by atoms with Crippen molar-refractivity contribution in [1.82, 2.24) is 14.8 Å². The lowest BCUT2D eigenvalue weighted by Crippen LogP contribution is -2.14. The summed E-state index contributed by atoms with van der Waals surface area (Å²) < 4.78 is 29.3. The summed E-state index contributed by atoms with van der Waals surface area (Å²) >= 11 is 6.23. The van der Waals surface area contributed by atoms with Crippen LogP contribution in [-0.2, 0) is 16.6 Å². The van der Waals surface area contributed by atoms with E-state index in [4.69, 9.17) is 11.6 Å². The summed E-state index contributed by atoms with van der Waals surface area (Å²) in [4.78, 5) is 4.48. The number of rotatable bonds is 7. The number of halogens is 1. The Balaban J connectivity index is 1.65. The Bertz CT molecular complexity index is 1240. The van der Waals surface area contributed by atoms with E-state index in [1.54, 1.807) is 28.9 Å². The van der Waals surface area contributed by atoms with Crippen molar-refractivity contribution >= 4 is 33.5 Å². The minimum absolute atomic E-state index is 0.0376. The summed E-state index contributed by atoms with van der Waals surface area (Å²) in [5.74, 6) is 0.344. The molecular weight excluding hydrogens is 422 g/mol. The van der Waals surface area contributed by atoms with E-state index in [2.05, 4.69) is 20.1 Å². The number of nitrogens with one attached hydrogen (secondary N) is 2. The smallest absolute Gasteiger partial charge is 0.264 e. The Kier molecular flexibility index (Phi) is 5.69. The number of anilines is 2. The van der Waals surface area contributed by atoms with E-state index >= 15 is 0 Å². The molecule has 9 heteroatoms. The van der Waals surface area contributed by atoms with E-state index in [0.717, 1.165) is 11.3 Å². The van der Waals surface area contributed by atoms with Crippen LogP contribution in [0.1, 0.15) is 5.56 Å². The van der Waals surface area contributed by atoms with Gasteiger partial charge in [-0.15, -0.1) is 5.10 Å². The third-order valence-electron chi connectivity index (χ3n) is 4.28. The molecule has 0 fully saturated rings. The number of sulfonamides is 1. The highest BCUT2D eigenvalue weighted by molar-refractivity contribution is 7.92. The lowest BCUT2D eigenvalue weighted by molar-refractivity contribution is 0.601. The Labute approximate surface area is 179 Å². The van der Waals surface area contributed by atoms with Gasteiger partial charge in [-0.05, 0) is 35.9 Å². The molecule has 152 valence electrons. The first kappa shape index (κ1) is 19.9. The molecule has 4 rings (SSSR count). The molecule has 30 heavy (non-hydrogen) atoms. The summed E-state index contributed by atoms with van der Waals surface area (Å²) in [7, 11) is -3.81. The molecule has 3 aromatic carbocycles. The van der Waals surface area contributed by atoms with E-state index in [9.17, 15) is 8.42 Å². The van der Waals surface area contributed by atoms with E-state index in [-0.39, 0.29) is 10.8 Å². The normalized spacial score (nSPS) is 11.2. The average molecular weight is 440 g/mol. The van der Waals surface area contributed by atoms with Crippen molar-refractivity contribution in [2.45, 2.75) is 11.4 Å². The molecule has 7 nitrogen and oxygen atoms in total. The van der Waals surface area contributed by atoms with Gasteiger partial charge < -0.3 is 5.32 Å². The van der Waals surface area contributed by atoms with Gasteiger partial charge in [-0.3, -0.25) is 0 Å². The van der Waals surface area contributed by atoms with Gasteiger partial charge >= 0.3 is 0 Å². The molecule has 0 atom stereocenters. The van der Waals surface area contributed by atoms with Crippen molar-refractivity contribution in [3.8, 4) is 5.69 Å². The van der Waals surface area contributed by atoms with Gasteiger partial charge in [0, 0.05) is 11.6 Å². The van der Waals surface area contributed by atoms with Crippen LogP contribution in [0.3, 0.4) is 0 Å². The molecule has 1 heterocycles. The van der Waals surface area contributed by atoms with Gasteiger partial charge in [-0.25, -0.2) is 13.1 Å². The van der Waals surface area contributed by atoms with E-state index in [1.807, 2.05) is 48.5 Å². The van der Waals surface area contributed by atoms with Crippen LogP contribution in [0.25, 0.3) is 5.69 Å². The maximum atomic E-state index is 12.6. The van der Waals surface area contributed by atoms with Crippen LogP contribution in [0.15, 0.2) is 89.8 Å². The highest BCUT2D eigenvalue weighted by Crippen LogP contribution is 2.21. The highest BCUT2D eigenvalue weighted by atomic mass is 35.5. The van der Waals surface area contributed by atoms with Gasteiger partial charge in [0.05, 0.1) is 10.6 Å². The lowest BCUT2D eigenvalue weighted by Gasteiger charge is -2.09. The third kappa shape index (κ3) is 4.45. The van der Waals surface area contributed by atoms with Crippen LogP contribution < -0.4 is 10.0 Å². The van der Waals surface area contributed by atoms with E-state index in [1.165, 1.54) is 12.1 Å². The van der Waals surface area contributed by atoms with Crippen molar-refractivity contribution < 1.29 is 8.42 Å². The van der Waals surface area contributed by atoms with Gasteiger partial charge in [0.15, 0.2) is 0 Å². The second kappa shape index (κ2) is 8.56. The van der Waals surface area contributed by atoms with Crippen LogP contribution in [0.5, 0.6) is 0 Å². The molecule has 0 aliphatic heterocycles. The Morgan fingerprint density at radius 2 is 1.50 bits per heavy atom. The number of nitrogens with zero attached hydrogens (tertiary/aromatic N) is 3. The number of aromatic nitrogens is 3. The fourth-order valence-electron chi connectivity index (χ4n) is 2.81. The molecular formula is C21H18ClN5O2S. The Morgan fingerprint density at radius 1 is 0.867 bits per heavy atom. The lowest BCUT2D eigenvalue weighted by atomic mass is 10.2. The first-order chi connectivity index (χ1) is 14.5. The summed E-state index contributed by atoms with van der Waals surface area (Å²) in [6, 6.07) is 24.8. The largest absolute Gasteiger partial charge is 0.350 e. The minimum atomic E-state index is -3.81. The Morgan fingerprint density at radius 3 is 2.20 bits per heavy atom. The molecule has 4 aromatic rings. The molecule has 1 aromatic heterocycles. The second-order valence-electron chi connectivity index (χ2n) is 6.37. The van der Waals surface area contributed by atoms with Crippen LogP contribution in [0.2, 0.25) is 5.02 Å².